The lowest BCUT2D eigenvalue weighted by Crippen LogP contribution is -2.25. The van der Waals surface area contributed by atoms with E-state index in [1.807, 2.05) is 0 Å². The van der Waals surface area contributed by atoms with Crippen LogP contribution in [0.25, 0.3) is 76.5 Å². The fourth-order valence-corrected chi connectivity index (χ4v) is 12.6. The second-order valence-corrected chi connectivity index (χ2v) is 19.6. The van der Waals surface area contributed by atoms with Crippen LogP contribution in [0.4, 0.5) is 34.1 Å². The van der Waals surface area contributed by atoms with E-state index in [0.29, 0.717) is 0 Å². The van der Waals surface area contributed by atoms with Crippen molar-refractivity contribution in [3.8, 4) is 33.4 Å². The van der Waals surface area contributed by atoms with Crippen LogP contribution in [0.2, 0.25) is 0 Å². The predicted molar refractivity (Wildman–Crippen MR) is 308 cm³/mol. The zero-order chi connectivity index (χ0) is 48.0. The van der Waals surface area contributed by atoms with E-state index in [-0.39, 0.29) is 0 Å². The molecule has 73 heavy (non-hydrogen) atoms. The molecule has 1 spiro atoms. The summed E-state index contributed by atoms with van der Waals surface area (Å²) in [5.41, 5.74) is 18.9. The van der Waals surface area contributed by atoms with E-state index < -0.39 is 5.41 Å². The molecule has 0 saturated carbocycles. The van der Waals surface area contributed by atoms with E-state index in [4.69, 9.17) is 0 Å². The Morgan fingerprint density at radius 3 is 1.49 bits per heavy atom. The molecular formula is C71H46N2. The van der Waals surface area contributed by atoms with E-state index in [1.165, 1.54) is 98.7 Å². The Kier molecular flexibility index (Phi) is 9.21. The van der Waals surface area contributed by atoms with E-state index in [9.17, 15) is 0 Å². The molecule has 0 aromatic heterocycles. The van der Waals surface area contributed by atoms with Crippen LogP contribution in [0.1, 0.15) is 22.3 Å². The lowest BCUT2D eigenvalue weighted by Gasteiger charge is -2.32. The average Bonchev–Trinajstić information content (AvgIpc) is 4.00. The smallest absolute Gasteiger partial charge is 0.0725 e. The summed E-state index contributed by atoms with van der Waals surface area (Å²) in [7, 11) is 0. The SMILES string of the molecule is c1ccc(N(c2cccc(-c3ccc4ccccc4c3)c2)c2cc(N(c3ccccc3)c3ccc4c(c3)-c3ccccc3C43c4ccccc4-c4cc5ccccc5cc43)c3ccc4ccccc4c3c2)cc1. The summed E-state index contributed by atoms with van der Waals surface area (Å²) in [5.74, 6) is 0. The molecule has 1 atom stereocenters. The molecule has 1 unspecified atom stereocenters. The van der Waals surface area contributed by atoms with Gasteiger partial charge in [-0.25, -0.2) is 0 Å². The number of hydrogen-bond acceptors (Lipinski definition) is 2. The lowest BCUT2D eigenvalue weighted by atomic mass is 9.70. The van der Waals surface area contributed by atoms with Crippen molar-refractivity contribution in [2.24, 2.45) is 0 Å². The van der Waals surface area contributed by atoms with Crippen LogP contribution in [-0.4, -0.2) is 0 Å². The molecule has 0 heterocycles. The van der Waals surface area contributed by atoms with Crippen molar-refractivity contribution < 1.29 is 0 Å². The van der Waals surface area contributed by atoms with Crippen molar-refractivity contribution >= 4 is 77.2 Å². The quantitative estimate of drug-likeness (QED) is 0.147. The summed E-state index contributed by atoms with van der Waals surface area (Å²) in [6.45, 7) is 0. The summed E-state index contributed by atoms with van der Waals surface area (Å²) in [5, 5.41) is 9.77. The highest BCUT2D eigenvalue weighted by atomic mass is 15.2. The number of nitrogens with zero attached hydrogens (tertiary/aromatic N) is 2. The van der Waals surface area contributed by atoms with Crippen LogP contribution in [0.5, 0.6) is 0 Å². The minimum Gasteiger partial charge on any atom is -0.310 e. The van der Waals surface area contributed by atoms with Gasteiger partial charge in [0.1, 0.15) is 0 Å². The molecule has 0 N–H and O–H groups in total. The normalized spacial score (nSPS) is 14.1. The van der Waals surface area contributed by atoms with Gasteiger partial charge in [-0.1, -0.05) is 200 Å². The maximum Gasteiger partial charge on any atom is 0.0725 e. The first-order valence-electron chi connectivity index (χ1n) is 25.3. The minimum absolute atomic E-state index is 0.471. The van der Waals surface area contributed by atoms with E-state index in [1.54, 1.807) is 0 Å². The van der Waals surface area contributed by atoms with Gasteiger partial charge in [0.15, 0.2) is 0 Å². The third-order valence-corrected chi connectivity index (χ3v) is 15.7. The zero-order valence-electron chi connectivity index (χ0n) is 40.0. The second kappa shape index (κ2) is 16.3. The molecule has 0 saturated heterocycles. The second-order valence-electron chi connectivity index (χ2n) is 19.6. The summed E-state index contributed by atoms with van der Waals surface area (Å²) in [6.07, 6.45) is 0. The standard InChI is InChI=1S/C71H46N2/c1-3-24-54(25-4-1)72(56-28-17-23-50(41-56)53-35-34-47-18-7-8-20-49(47)40-53)58-45-63-59-29-12-11-19-48(59)36-38-62(63)70(46-58)73(55-26-5-2-6-27-55)57-37-39-68-65(44-57)61-31-14-16-33-67(61)71(68)66-32-15-13-30-60(66)64-42-51-21-9-10-22-52(51)43-69(64)71/h1-46H. The van der Waals surface area contributed by atoms with Crippen LogP contribution in [0.15, 0.2) is 279 Å². The van der Waals surface area contributed by atoms with Crippen LogP contribution < -0.4 is 9.80 Å². The molecular weight excluding hydrogens is 881 g/mol. The van der Waals surface area contributed by atoms with Gasteiger partial charge in [-0.05, 0) is 172 Å². The molecule has 0 radical (unpaired) electrons. The highest BCUT2D eigenvalue weighted by Crippen LogP contribution is 2.64. The number of para-hydroxylation sites is 2. The van der Waals surface area contributed by atoms with Crippen LogP contribution >= 0.6 is 0 Å². The molecule has 2 nitrogen and oxygen atoms in total. The molecule has 13 aromatic carbocycles. The molecule has 0 bridgehead atoms. The van der Waals surface area contributed by atoms with Crippen molar-refractivity contribution in [1.29, 1.82) is 0 Å². The molecule has 15 rings (SSSR count). The largest absolute Gasteiger partial charge is 0.310 e. The van der Waals surface area contributed by atoms with Gasteiger partial charge in [-0.15, -0.1) is 0 Å². The predicted octanol–water partition coefficient (Wildman–Crippen LogP) is 19.2. The van der Waals surface area contributed by atoms with Crippen molar-refractivity contribution in [2.45, 2.75) is 5.41 Å². The molecule has 0 amide bonds. The molecule has 2 aliphatic carbocycles. The minimum atomic E-state index is -0.471. The Morgan fingerprint density at radius 1 is 0.219 bits per heavy atom. The maximum absolute atomic E-state index is 2.49. The summed E-state index contributed by atoms with van der Waals surface area (Å²) in [6, 6.07) is 104. The zero-order valence-corrected chi connectivity index (χ0v) is 40.0. The number of hydrogen-bond donors (Lipinski definition) is 0. The molecule has 0 aliphatic heterocycles. The van der Waals surface area contributed by atoms with Gasteiger partial charge in [0.05, 0.1) is 11.1 Å². The highest BCUT2D eigenvalue weighted by molar-refractivity contribution is 6.15. The van der Waals surface area contributed by atoms with Gasteiger partial charge in [0.2, 0.25) is 0 Å². The van der Waals surface area contributed by atoms with Gasteiger partial charge in [0, 0.05) is 33.8 Å². The Balaban J connectivity index is 0.974. The van der Waals surface area contributed by atoms with Gasteiger partial charge in [-0.2, -0.15) is 0 Å². The summed E-state index contributed by atoms with van der Waals surface area (Å²) >= 11 is 0. The first-order valence-corrected chi connectivity index (χ1v) is 25.3. The molecule has 13 aromatic rings. The Bertz CT molecular complexity index is 4350. The van der Waals surface area contributed by atoms with Crippen LogP contribution in [0, 0.1) is 0 Å². The first-order chi connectivity index (χ1) is 36.2. The number of rotatable bonds is 7. The summed E-state index contributed by atoms with van der Waals surface area (Å²) < 4.78 is 0. The van der Waals surface area contributed by atoms with Crippen molar-refractivity contribution in [2.75, 3.05) is 9.80 Å². The van der Waals surface area contributed by atoms with Gasteiger partial charge < -0.3 is 9.80 Å². The molecule has 340 valence electrons. The van der Waals surface area contributed by atoms with Gasteiger partial charge >= 0.3 is 0 Å². The van der Waals surface area contributed by atoms with Crippen molar-refractivity contribution in [3.05, 3.63) is 301 Å². The van der Waals surface area contributed by atoms with E-state index in [0.717, 1.165) is 34.1 Å². The third kappa shape index (κ3) is 6.30. The summed E-state index contributed by atoms with van der Waals surface area (Å²) in [4.78, 5) is 4.92. The van der Waals surface area contributed by atoms with Crippen LogP contribution in [0.3, 0.4) is 0 Å². The van der Waals surface area contributed by atoms with E-state index >= 15 is 0 Å². The molecule has 2 aliphatic rings. The first kappa shape index (κ1) is 41.3. The Labute approximate surface area is 424 Å². The number of benzene rings is 13. The van der Waals surface area contributed by atoms with Crippen LogP contribution in [-0.2, 0) is 5.41 Å². The lowest BCUT2D eigenvalue weighted by molar-refractivity contribution is 0.795. The van der Waals surface area contributed by atoms with Crippen molar-refractivity contribution in [3.63, 3.8) is 0 Å². The maximum atomic E-state index is 2.49. The molecule has 0 fully saturated rings. The monoisotopic (exact) mass is 926 g/mol. The van der Waals surface area contributed by atoms with Gasteiger partial charge in [-0.3, -0.25) is 0 Å². The Morgan fingerprint density at radius 2 is 0.753 bits per heavy atom. The fraction of sp³-hybridized carbons (Fsp3) is 0.0141. The average molecular weight is 927 g/mol. The fourth-order valence-electron chi connectivity index (χ4n) is 12.6. The van der Waals surface area contributed by atoms with E-state index in [2.05, 4.69) is 289 Å². The Hall–Kier alpha value is -9.50. The van der Waals surface area contributed by atoms with Crippen molar-refractivity contribution in [1.82, 2.24) is 0 Å². The topological polar surface area (TPSA) is 6.48 Å². The third-order valence-electron chi connectivity index (χ3n) is 15.7. The number of anilines is 6. The molecule has 2 heteroatoms. The highest BCUT2D eigenvalue weighted by Gasteiger charge is 2.51. The van der Waals surface area contributed by atoms with Gasteiger partial charge in [0.25, 0.3) is 0 Å². The number of fused-ring (bicyclic) bond motifs is 15.